The van der Waals surface area contributed by atoms with E-state index in [1.54, 1.807) is 11.3 Å². The molecule has 3 nitrogen and oxygen atoms in total. The summed E-state index contributed by atoms with van der Waals surface area (Å²) in [7, 11) is 2.06. The average molecular weight is 265 g/mol. The Morgan fingerprint density at radius 1 is 1.56 bits per heavy atom. The number of likely N-dealkylation sites (N-methyl/N-ethyl adjacent to an activating group) is 1. The third-order valence-electron chi connectivity index (χ3n) is 3.30. The van der Waals surface area contributed by atoms with Crippen molar-refractivity contribution in [3.63, 3.8) is 0 Å². The lowest BCUT2D eigenvalue weighted by atomic mass is 10.00. The van der Waals surface area contributed by atoms with Gasteiger partial charge in [-0.25, -0.2) is 0 Å². The molecule has 0 aliphatic carbocycles. The molecule has 3 unspecified atom stereocenters. The highest BCUT2D eigenvalue weighted by Crippen LogP contribution is 2.31. The third kappa shape index (κ3) is 3.55. The molecule has 1 rings (SSSR count). The first-order valence-corrected chi connectivity index (χ1v) is 7.28. The standard InChI is InChI=1S/C14H23N3S/c1-5-12(16)13(14-11(3)6-7-18-14)17(4)9-10(2)8-15/h6-7,10,12-13H,5,9,16H2,1-4H3. The van der Waals surface area contributed by atoms with Gasteiger partial charge >= 0.3 is 0 Å². The van der Waals surface area contributed by atoms with Crippen molar-refractivity contribution in [2.75, 3.05) is 13.6 Å². The molecule has 0 spiro atoms. The molecule has 0 bridgehead atoms. The first kappa shape index (κ1) is 15.2. The van der Waals surface area contributed by atoms with E-state index in [0.717, 1.165) is 13.0 Å². The molecule has 4 heteroatoms. The highest BCUT2D eigenvalue weighted by Gasteiger charge is 2.26. The van der Waals surface area contributed by atoms with E-state index in [-0.39, 0.29) is 18.0 Å². The van der Waals surface area contributed by atoms with Gasteiger partial charge in [0.1, 0.15) is 0 Å². The van der Waals surface area contributed by atoms with E-state index in [1.807, 2.05) is 6.92 Å². The number of hydrogen-bond donors (Lipinski definition) is 1. The molecule has 100 valence electrons. The van der Waals surface area contributed by atoms with Gasteiger partial charge in [0.25, 0.3) is 0 Å². The number of nitriles is 1. The number of hydrogen-bond acceptors (Lipinski definition) is 4. The molecule has 0 fully saturated rings. The van der Waals surface area contributed by atoms with Gasteiger partial charge in [0.2, 0.25) is 0 Å². The van der Waals surface area contributed by atoms with Crippen molar-refractivity contribution in [1.82, 2.24) is 4.90 Å². The Hall–Kier alpha value is -0.890. The fourth-order valence-corrected chi connectivity index (χ4v) is 3.39. The minimum absolute atomic E-state index is 0.0295. The minimum atomic E-state index is 0.0295. The molecule has 0 saturated carbocycles. The van der Waals surface area contributed by atoms with Crippen LogP contribution in [0.1, 0.15) is 36.8 Å². The van der Waals surface area contributed by atoms with Crippen LogP contribution in [-0.4, -0.2) is 24.5 Å². The van der Waals surface area contributed by atoms with Crippen LogP contribution in [0.25, 0.3) is 0 Å². The summed E-state index contributed by atoms with van der Waals surface area (Å²) in [6.07, 6.45) is 0.938. The van der Waals surface area contributed by atoms with Crippen molar-refractivity contribution in [2.24, 2.45) is 11.7 Å². The van der Waals surface area contributed by atoms with Gasteiger partial charge in [0, 0.05) is 17.5 Å². The monoisotopic (exact) mass is 265 g/mol. The largest absolute Gasteiger partial charge is 0.326 e. The molecular weight excluding hydrogens is 242 g/mol. The van der Waals surface area contributed by atoms with Crippen LogP contribution in [0.4, 0.5) is 0 Å². The Bertz CT molecular complexity index is 407. The predicted molar refractivity (Wildman–Crippen MR) is 77.5 cm³/mol. The predicted octanol–water partition coefficient (Wildman–Crippen LogP) is 2.93. The summed E-state index contributed by atoms with van der Waals surface area (Å²) in [4.78, 5) is 3.55. The highest BCUT2D eigenvalue weighted by atomic mass is 32.1. The minimum Gasteiger partial charge on any atom is -0.326 e. The fraction of sp³-hybridized carbons (Fsp3) is 0.643. The van der Waals surface area contributed by atoms with Crippen LogP contribution in [0, 0.1) is 24.2 Å². The summed E-state index contributed by atoms with van der Waals surface area (Å²) in [5.74, 6) is 0.0295. The number of nitrogens with zero attached hydrogens (tertiary/aromatic N) is 2. The summed E-state index contributed by atoms with van der Waals surface area (Å²) in [5.41, 5.74) is 7.57. The van der Waals surface area contributed by atoms with Crippen molar-refractivity contribution < 1.29 is 0 Å². The second-order valence-corrected chi connectivity index (χ2v) is 5.90. The Morgan fingerprint density at radius 3 is 2.67 bits per heavy atom. The molecule has 1 heterocycles. The molecule has 2 N–H and O–H groups in total. The van der Waals surface area contributed by atoms with Crippen LogP contribution in [-0.2, 0) is 0 Å². The van der Waals surface area contributed by atoms with Gasteiger partial charge in [-0.1, -0.05) is 6.92 Å². The zero-order valence-corrected chi connectivity index (χ0v) is 12.5. The Kier molecular flexibility index (Phi) is 5.80. The van der Waals surface area contributed by atoms with E-state index in [9.17, 15) is 0 Å². The molecule has 1 aromatic rings. The maximum atomic E-state index is 8.94. The maximum absolute atomic E-state index is 8.94. The number of rotatable bonds is 6. The van der Waals surface area contributed by atoms with Gasteiger partial charge in [-0.15, -0.1) is 11.3 Å². The second-order valence-electron chi connectivity index (χ2n) is 4.95. The Labute approximate surface area is 114 Å². The van der Waals surface area contributed by atoms with Crippen molar-refractivity contribution in [3.8, 4) is 6.07 Å². The molecule has 0 aliphatic heterocycles. The van der Waals surface area contributed by atoms with Crippen molar-refractivity contribution >= 4 is 11.3 Å². The second kappa shape index (κ2) is 6.89. The Balaban J connectivity index is 2.93. The van der Waals surface area contributed by atoms with Crippen LogP contribution in [0.3, 0.4) is 0 Å². The summed E-state index contributed by atoms with van der Waals surface area (Å²) in [6, 6.07) is 4.75. The molecule has 0 radical (unpaired) electrons. The first-order valence-electron chi connectivity index (χ1n) is 6.40. The Morgan fingerprint density at radius 2 is 2.22 bits per heavy atom. The maximum Gasteiger partial charge on any atom is 0.0666 e. The van der Waals surface area contributed by atoms with Gasteiger partial charge < -0.3 is 5.73 Å². The third-order valence-corrected chi connectivity index (χ3v) is 4.39. The van der Waals surface area contributed by atoms with Gasteiger partial charge in [0.05, 0.1) is 18.0 Å². The fourth-order valence-electron chi connectivity index (χ4n) is 2.22. The highest BCUT2D eigenvalue weighted by molar-refractivity contribution is 7.10. The zero-order valence-electron chi connectivity index (χ0n) is 11.7. The first-order chi connectivity index (χ1) is 8.51. The number of aryl methyl sites for hydroxylation is 1. The molecule has 1 aromatic heterocycles. The zero-order chi connectivity index (χ0) is 13.7. The smallest absolute Gasteiger partial charge is 0.0666 e. The molecule has 0 amide bonds. The van der Waals surface area contributed by atoms with Gasteiger partial charge in [-0.3, -0.25) is 4.90 Å². The summed E-state index contributed by atoms with van der Waals surface area (Å²) < 4.78 is 0. The van der Waals surface area contributed by atoms with Crippen LogP contribution in [0.15, 0.2) is 11.4 Å². The van der Waals surface area contributed by atoms with Crippen molar-refractivity contribution in [1.29, 1.82) is 5.26 Å². The van der Waals surface area contributed by atoms with E-state index in [1.165, 1.54) is 10.4 Å². The van der Waals surface area contributed by atoms with E-state index in [2.05, 4.69) is 43.3 Å². The summed E-state index contributed by atoms with van der Waals surface area (Å²) in [6.45, 7) is 6.95. The molecular formula is C14H23N3S. The van der Waals surface area contributed by atoms with Crippen molar-refractivity contribution in [3.05, 3.63) is 21.9 Å². The quantitative estimate of drug-likeness (QED) is 0.860. The topological polar surface area (TPSA) is 53.0 Å². The van der Waals surface area contributed by atoms with Crippen LogP contribution in [0.5, 0.6) is 0 Å². The van der Waals surface area contributed by atoms with Crippen LogP contribution in [0.2, 0.25) is 0 Å². The van der Waals surface area contributed by atoms with E-state index in [0.29, 0.717) is 0 Å². The van der Waals surface area contributed by atoms with Gasteiger partial charge in [0.15, 0.2) is 0 Å². The van der Waals surface area contributed by atoms with Gasteiger partial charge in [-0.05, 0) is 44.3 Å². The average Bonchev–Trinajstić information content (AvgIpc) is 2.75. The molecule has 3 atom stereocenters. The molecule has 18 heavy (non-hydrogen) atoms. The van der Waals surface area contributed by atoms with Gasteiger partial charge in [-0.2, -0.15) is 5.26 Å². The molecule has 0 aliphatic rings. The lowest BCUT2D eigenvalue weighted by Gasteiger charge is -2.33. The van der Waals surface area contributed by atoms with Crippen LogP contribution >= 0.6 is 11.3 Å². The van der Waals surface area contributed by atoms with Crippen LogP contribution < -0.4 is 5.73 Å². The van der Waals surface area contributed by atoms with Crippen molar-refractivity contribution in [2.45, 2.75) is 39.3 Å². The summed E-state index contributed by atoms with van der Waals surface area (Å²) in [5, 5.41) is 11.1. The van der Waals surface area contributed by atoms with E-state index >= 15 is 0 Å². The normalized spacial score (nSPS) is 16.3. The SMILES string of the molecule is CCC(N)C(c1sccc1C)N(C)CC(C)C#N. The van der Waals surface area contributed by atoms with E-state index < -0.39 is 0 Å². The van der Waals surface area contributed by atoms with E-state index in [4.69, 9.17) is 11.0 Å². The lowest BCUT2D eigenvalue weighted by Crippen LogP contribution is -2.40. The molecule has 0 aromatic carbocycles. The number of thiophene rings is 1. The number of nitrogens with two attached hydrogens (primary N) is 1. The lowest BCUT2D eigenvalue weighted by molar-refractivity contribution is 0.199. The summed E-state index contributed by atoms with van der Waals surface area (Å²) >= 11 is 1.76. The molecule has 0 saturated heterocycles.